The second-order valence-corrected chi connectivity index (χ2v) is 12.4. The quantitative estimate of drug-likeness (QED) is 0.696. The average Bonchev–Trinajstić information content (AvgIpc) is 3.12. The third-order valence-corrected chi connectivity index (χ3v) is 10.9. The van der Waals surface area contributed by atoms with Gasteiger partial charge in [-0.3, -0.25) is 0 Å². The van der Waals surface area contributed by atoms with Gasteiger partial charge >= 0.3 is 0 Å². The van der Waals surface area contributed by atoms with Crippen LogP contribution in [0.4, 0.5) is 0 Å². The molecule has 31 heavy (non-hydrogen) atoms. The van der Waals surface area contributed by atoms with Crippen molar-refractivity contribution in [3.8, 4) is 0 Å². The van der Waals surface area contributed by atoms with Crippen molar-refractivity contribution in [3.63, 3.8) is 0 Å². The molecule has 4 saturated carbocycles. The van der Waals surface area contributed by atoms with E-state index < -0.39 is 5.60 Å². The van der Waals surface area contributed by atoms with E-state index in [1.54, 1.807) is 6.33 Å². The molecule has 4 heteroatoms. The molecule has 0 saturated heterocycles. The van der Waals surface area contributed by atoms with Crippen LogP contribution in [0.3, 0.4) is 0 Å². The highest BCUT2D eigenvalue weighted by Crippen LogP contribution is 2.68. The molecule has 5 rings (SSSR count). The largest absolute Gasteiger partial charge is 0.393 e. The monoisotopic (exact) mass is 426 g/mol. The Bertz CT molecular complexity index is 783. The smallest absolute Gasteiger partial charge is 0.115 e. The summed E-state index contributed by atoms with van der Waals surface area (Å²) in [5.74, 6) is 3.50. The molecule has 4 aliphatic carbocycles. The zero-order chi connectivity index (χ0) is 21.9. The molecule has 4 fully saturated rings. The minimum Gasteiger partial charge on any atom is -0.393 e. The summed E-state index contributed by atoms with van der Waals surface area (Å²) in [7, 11) is 0. The fourth-order valence-corrected chi connectivity index (χ4v) is 9.29. The topological polar surface area (TPSA) is 66.2 Å². The minimum absolute atomic E-state index is 0.0653. The number of nitrogens with zero attached hydrogens (tertiary/aromatic N) is 2. The van der Waals surface area contributed by atoms with Gasteiger partial charge in [0.15, 0.2) is 0 Å². The van der Waals surface area contributed by atoms with Crippen molar-refractivity contribution in [1.29, 1.82) is 0 Å². The van der Waals surface area contributed by atoms with Gasteiger partial charge in [-0.05, 0) is 124 Å². The number of aliphatic hydroxyl groups is 2. The molecule has 0 amide bonds. The average molecular weight is 427 g/mol. The SMILES string of the molecule is C[C@]12CC[C@H]3[C@@H](CCC4C[C@@H](O)CC[C@@]43C)[C@@H]1CC[C@@H]2[C@](C)(O)CCc1cncnc1. The molecule has 0 radical (unpaired) electrons. The highest BCUT2D eigenvalue weighted by Gasteiger charge is 2.62. The Hall–Kier alpha value is -1.00. The van der Waals surface area contributed by atoms with Crippen molar-refractivity contribution >= 4 is 0 Å². The van der Waals surface area contributed by atoms with E-state index in [-0.39, 0.29) is 11.5 Å². The summed E-state index contributed by atoms with van der Waals surface area (Å²) in [5.41, 5.74) is 1.17. The molecule has 1 heterocycles. The number of aryl methyl sites for hydroxylation is 1. The van der Waals surface area contributed by atoms with Crippen LogP contribution < -0.4 is 0 Å². The van der Waals surface area contributed by atoms with Crippen LogP contribution in [0, 0.1) is 40.4 Å². The van der Waals surface area contributed by atoms with Crippen molar-refractivity contribution < 1.29 is 10.2 Å². The molecule has 4 nitrogen and oxygen atoms in total. The van der Waals surface area contributed by atoms with Crippen molar-refractivity contribution in [2.75, 3.05) is 0 Å². The van der Waals surface area contributed by atoms with Gasteiger partial charge in [-0.1, -0.05) is 13.8 Å². The number of hydrogen-bond acceptors (Lipinski definition) is 4. The molecule has 1 aromatic heterocycles. The van der Waals surface area contributed by atoms with E-state index in [0.29, 0.717) is 11.3 Å². The van der Waals surface area contributed by atoms with Crippen LogP contribution >= 0.6 is 0 Å². The van der Waals surface area contributed by atoms with Crippen LogP contribution in [-0.4, -0.2) is 31.9 Å². The molecule has 0 spiro atoms. The maximum absolute atomic E-state index is 11.7. The fourth-order valence-electron chi connectivity index (χ4n) is 9.29. The first-order valence-corrected chi connectivity index (χ1v) is 12.9. The maximum atomic E-state index is 11.7. The second kappa shape index (κ2) is 7.80. The van der Waals surface area contributed by atoms with Crippen molar-refractivity contribution in [2.24, 2.45) is 40.4 Å². The van der Waals surface area contributed by atoms with E-state index in [1.165, 1.54) is 44.9 Å². The number of fused-ring (bicyclic) bond motifs is 5. The summed E-state index contributed by atoms with van der Waals surface area (Å²) >= 11 is 0. The lowest BCUT2D eigenvalue weighted by atomic mass is 9.44. The highest BCUT2D eigenvalue weighted by atomic mass is 16.3. The van der Waals surface area contributed by atoms with Crippen LogP contribution in [0.25, 0.3) is 0 Å². The number of aliphatic hydroxyl groups excluding tert-OH is 1. The summed E-state index contributed by atoms with van der Waals surface area (Å²) in [6.07, 6.45) is 17.8. The molecular formula is C27H42N2O2. The van der Waals surface area contributed by atoms with Crippen LogP contribution in [0.1, 0.15) is 90.5 Å². The first kappa shape index (κ1) is 21.8. The fraction of sp³-hybridized carbons (Fsp3) is 0.852. The molecule has 4 aliphatic rings. The number of rotatable bonds is 4. The Morgan fingerprint density at radius 3 is 2.45 bits per heavy atom. The molecule has 172 valence electrons. The van der Waals surface area contributed by atoms with E-state index in [1.807, 2.05) is 12.4 Å². The van der Waals surface area contributed by atoms with Gasteiger partial charge in [-0.25, -0.2) is 9.97 Å². The Balaban J connectivity index is 1.33. The van der Waals surface area contributed by atoms with Gasteiger partial charge in [0.1, 0.15) is 6.33 Å². The van der Waals surface area contributed by atoms with E-state index in [9.17, 15) is 10.2 Å². The van der Waals surface area contributed by atoms with E-state index in [2.05, 4.69) is 30.7 Å². The van der Waals surface area contributed by atoms with Crippen LogP contribution in [0.15, 0.2) is 18.7 Å². The normalized spacial score (nSPS) is 46.5. The summed E-state index contributed by atoms with van der Waals surface area (Å²) in [4.78, 5) is 8.29. The highest BCUT2D eigenvalue weighted by molar-refractivity contribution is 5.12. The van der Waals surface area contributed by atoms with Gasteiger partial charge in [0.05, 0.1) is 11.7 Å². The van der Waals surface area contributed by atoms with Crippen LogP contribution in [-0.2, 0) is 6.42 Å². The lowest BCUT2D eigenvalue weighted by molar-refractivity contribution is -0.144. The lowest BCUT2D eigenvalue weighted by Gasteiger charge is -2.61. The van der Waals surface area contributed by atoms with Gasteiger partial charge in [0, 0.05) is 12.4 Å². The van der Waals surface area contributed by atoms with Gasteiger partial charge in [-0.15, -0.1) is 0 Å². The zero-order valence-corrected chi connectivity index (χ0v) is 19.8. The molecule has 0 aromatic carbocycles. The van der Waals surface area contributed by atoms with Crippen molar-refractivity contribution in [2.45, 2.75) is 103 Å². The Kier molecular flexibility index (Phi) is 5.49. The van der Waals surface area contributed by atoms with Crippen LogP contribution in [0.5, 0.6) is 0 Å². The minimum atomic E-state index is -0.637. The lowest BCUT2D eigenvalue weighted by Crippen LogP contribution is -2.55. The van der Waals surface area contributed by atoms with Gasteiger partial charge in [0.2, 0.25) is 0 Å². The molecule has 1 aromatic rings. The summed E-state index contributed by atoms with van der Waals surface area (Å²) in [6.45, 7) is 7.18. The van der Waals surface area contributed by atoms with E-state index in [0.717, 1.165) is 54.9 Å². The standard InChI is InChI=1S/C27H42N2O2/c1-25-11-9-20(30)14-19(25)4-5-21-22-6-7-24(26(22,2)12-10-23(21)25)27(3,31)13-8-18-15-28-17-29-16-18/h15-17,19-24,30-31H,4-14H2,1-3H3/t19?,20-,21-,22-,23-,24-,25-,26-,27+/m0/s1. The molecule has 0 aliphatic heterocycles. The van der Waals surface area contributed by atoms with Gasteiger partial charge < -0.3 is 10.2 Å². The van der Waals surface area contributed by atoms with Crippen molar-refractivity contribution in [1.82, 2.24) is 9.97 Å². The summed E-state index contributed by atoms with van der Waals surface area (Å²) in [5, 5.41) is 21.9. The Morgan fingerprint density at radius 2 is 1.68 bits per heavy atom. The summed E-state index contributed by atoms with van der Waals surface area (Å²) < 4.78 is 0. The third-order valence-electron chi connectivity index (χ3n) is 10.9. The maximum Gasteiger partial charge on any atom is 0.115 e. The molecule has 9 atom stereocenters. The molecule has 2 N–H and O–H groups in total. The predicted molar refractivity (Wildman–Crippen MR) is 122 cm³/mol. The van der Waals surface area contributed by atoms with Gasteiger partial charge in [-0.2, -0.15) is 0 Å². The molecular weight excluding hydrogens is 384 g/mol. The predicted octanol–water partition coefficient (Wildman–Crippen LogP) is 5.18. The third kappa shape index (κ3) is 3.57. The van der Waals surface area contributed by atoms with Gasteiger partial charge in [0.25, 0.3) is 0 Å². The summed E-state index contributed by atoms with van der Waals surface area (Å²) in [6, 6.07) is 0. The van der Waals surface area contributed by atoms with E-state index in [4.69, 9.17) is 0 Å². The van der Waals surface area contributed by atoms with Crippen LogP contribution in [0.2, 0.25) is 0 Å². The molecule has 1 unspecified atom stereocenters. The second-order valence-electron chi connectivity index (χ2n) is 12.4. The number of aromatic nitrogens is 2. The first-order chi connectivity index (χ1) is 14.7. The van der Waals surface area contributed by atoms with E-state index >= 15 is 0 Å². The Labute approximate surface area is 188 Å². The first-order valence-electron chi connectivity index (χ1n) is 12.9. The van der Waals surface area contributed by atoms with Crippen molar-refractivity contribution in [3.05, 3.63) is 24.3 Å². The molecule has 0 bridgehead atoms. The number of hydrogen-bond donors (Lipinski definition) is 2. The Morgan fingerprint density at radius 1 is 0.968 bits per heavy atom. The zero-order valence-electron chi connectivity index (χ0n) is 19.8.